The molecular weight excluding hydrogens is 432 g/mol. The third-order valence-electron chi connectivity index (χ3n) is 4.66. The summed E-state index contributed by atoms with van der Waals surface area (Å²) in [6.45, 7) is 2.62. The maximum Gasteiger partial charge on any atom is 0.234 e. The lowest BCUT2D eigenvalue weighted by Crippen LogP contribution is -2.14. The van der Waals surface area contributed by atoms with Crippen LogP contribution in [0.2, 0.25) is 0 Å². The molecule has 0 saturated heterocycles. The summed E-state index contributed by atoms with van der Waals surface area (Å²) < 4.78 is 23.3. The zero-order valence-corrected chi connectivity index (χ0v) is 19.5. The van der Waals surface area contributed by atoms with Gasteiger partial charge in [0.25, 0.3) is 0 Å². The molecule has 170 valence electrons. The molecule has 0 unspecified atom stereocenters. The zero-order chi connectivity index (χ0) is 23.1. The minimum Gasteiger partial charge on any atom is -0.497 e. The Bertz CT molecular complexity index is 1040. The quantitative estimate of drug-likeness (QED) is 0.459. The van der Waals surface area contributed by atoms with E-state index in [9.17, 15) is 4.79 Å². The van der Waals surface area contributed by atoms with Gasteiger partial charge < -0.3 is 28.8 Å². The summed E-state index contributed by atoms with van der Waals surface area (Å²) in [5.41, 5.74) is 1.47. The van der Waals surface area contributed by atoms with E-state index in [1.165, 1.54) is 11.8 Å². The van der Waals surface area contributed by atoms with E-state index in [1.54, 1.807) is 52.7 Å². The van der Waals surface area contributed by atoms with Crippen LogP contribution in [0.5, 0.6) is 23.0 Å². The predicted octanol–water partition coefficient (Wildman–Crippen LogP) is 3.73. The first-order chi connectivity index (χ1) is 15.5. The molecule has 32 heavy (non-hydrogen) atoms. The van der Waals surface area contributed by atoms with Crippen LogP contribution in [0.4, 0.5) is 5.69 Å². The maximum atomic E-state index is 12.4. The third kappa shape index (κ3) is 5.08. The standard InChI is InChI=1S/C22H26N4O5S/c1-6-26-21(14-11-17(29-3)20(31-5)18(12-14)30-4)24-25-22(26)32-13-19(27)23-15-7-9-16(28-2)10-8-15/h7-12H,6,13H2,1-5H3,(H,23,27). The average Bonchev–Trinajstić information content (AvgIpc) is 3.25. The van der Waals surface area contributed by atoms with Crippen molar-refractivity contribution < 1.29 is 23.7 Å². The van der Waals surface area contributed by atoms with E-state index in [0.29, 0.717) is 40.5 Å². The molecule has 0 aliphatic heterocycles. The Morgan fingerprint density at radius 1 is 0.969 bits per heavy atom. The molecule has 0 atom stereocenters. The largest absolute Gasteiger partial charge is 0.497 e. The second-order valence-corrected chi connectivity index (χ2v) is 7.47. The van der Waals surface area contributed by atoms with E-state index < -0.39 is 0 Å². The number of hydrogen-bond donors (Lipinski definition) is 1. The van der Waals surface area contributed by atoms with E-state index in [1.807, 2.05) is 23.6 Å². The number of nitrogens with one attached hydrogen (secondary N) is 1. The molecule has 1 aromatic heterocycles. The Balaban J connectivity index is 1.77. The van der Waals surface area contributed by atoms with Gasteiger partial charge in [0.15, 0.2) is 22.5 Å². The van der Waals surface area contributed by atoms with Crippen molar-refractivity contribution in [1.82, 2.24) is 14.8 Å². The fourth-order valence-electron chi connectivity index (χ4n) is 3.11. The third-order valence-corrected chi connectivity index (χ3v) is 5.63. The molecule has 0 radical (unpaired) electrons. The minimum atomic E-state index is -0.139. The second kappa shape index (κ2) is 10.8. The molecule has 3 rings (SSSR count). The number of nitrogens with zero attached hydrogens (tertiary/aromatic N) is 3. The molecule has 9 nitrogen and oxygen atoms in total. The molecule has 3 aromatic rings. The number of anilines is 1. The van der Waals surface area contributed by atoms with Crippen LogP contribution in [-0.2, 0) is 11.3 Å². The Morgan fingerprint density at radius 2 is 1.62 bits per heavy atom. The molecule has 2 aromatic carbocycles. The van der Waals surface area contributed by atoms with Gasteiger partial charge in [-0.25, -0.2) is 0 Å². The lowest BCUT2D eigenvalue weighted by molar-refractivity contribution is -0.113. The highest BCUT2D eigenvalue weighted by Crippen LogP contribution is 2.41. The molecule has 1 heterocycles. The number of hydrogen-bond acceptors (Lipinski definition) is 8. The number of rotatable bonds is 10. The summed E-state index contributed by atoms with van der Waals surface area (Å²) in [4.78, 5) is 12.4. The maximum absolute atomic E-state index is 12.4. The van der Waals surface area contributed by atoms with Crippen LogP contribution >= 0.6 is 11.8 Å². The van der Waals surface area contributed by atoms with Crippen molar-refractivity contribution >= 4 is 23.4 Å². The van der Waals surface area contributed by atoms with Gasteiger partial charge in [0, 0.05) is 17.8 Å². The Hall–Kier alpha value is -3.40. The highest BCUT2D eigenvalue weighted by atomic mass is 32.2. The Kier molecular flexibility index (Phi) is 7.82. The van der Waals surface area contributed by atoms with Crippen LogP contribution < -0.4 is 24.3 Å². The zero-order valence-electron chi connectivity index (χ0n) is 18.7. The first-order valence-electron chi connectivity index (χ1n) is 9.84. The summed E-state index contributed by atoms with van der Waals surface area (Å²) in [7, 11) is 6.28. The molecule has 1 N–H and O–H groups in total. The molecule has 0 aliphatic carbocycles. The van der Waals surface area contributed by atoms with Gasteiger partial charge in [-0.05, 0) is 43.3 Å². The molecule has 1 amide bonds. The van der Waals surface area contributed by atoms with Crippen LogP contribution in [0.15, 0.2) is 41.6 Å². The van der Waals surface area contributed by atoms with Crippen molar-refractivity contribution in [1.29, 1.82) is 0 Å². The lowest BCUT2D eigenvalue weighted by atomic mass is 10.1. The van der Waals surface area contributed by atoms with Crippen molar-refractivity contribution in [2.75, 3.05) is 39.5 Å². The van der Waals surface area contributed by atoms with Crippen molar-refractivity contribution in [3.63, 3.8) is 0 Å². The van der Waals surface area contributed by atoms with Crippen LogP contribution in [0.3, 0.4) is 0 Å². The molecule has 0 aliphatic rings. The highest BCUT2D eigenvalue weighted by molar-refractivity contribution is 7.99. The van der Waals surface area contributed by atoms with E-state index >= 15 is 0 Å². The van der Waals surface area contributed by atoms with Crippen LogP contribution in [0.25, 0.3) is 11.4 Å². The second-order valence-electron chi connectivity index (χ2n) is 6.53. The van der Waals surface area contributed by atoms with Gasteiger partial charge in [0.1, 0.15) is 5.75 Å². The number of carbonyl (C=O) groups is 1. The summed E-state index contributed by atoms with van der Waals surface area (Å²) in [5.74, 6) is 2.99. The van der Waals surface area contributed by atoms with Gasteiger partial charge in [-0.3, -0.25) is 4.79 Å². The number of amides is 1. The van der Waals surface area contributed by atoms with Gasteiger partial charge in [-0.2, -0.15) is 0 Å². The topological polar surface area (TPSA) is 96.7 Å². The van der Waals surface area contributed by atoms with E-state index in [2.05, 4.69) is 15.5 Å². The molecule has 0 fully saturated rings. The highest BCUT2D eigenvalue weighted by Gasteiger charge is 2.19. The summed E-state index contributed by atoms with van der Waals surface area (Å²) >= 11 is 1.32. The molecule has 10 heteroatoms. The average molecular weight is 459 g/mol. The number of thioether (sulfide) groups is 1. The van der Waals surface area contributed by atoms with E-state index in [0.717, 1.165) is 11.3 Å². The number of aromatic nitrogens is 3. The molecule has 0 spiro atoms. The van der Waals surface area contributed by atoms with Crippen LogP contribution in [0.1, 0.15) is 6.92 Å². The fourth-order valence-corrected chi connectivity index (χ4v) is 3.91. The number of methoxy groups -OCH3 is 4. The Labute approximate surface area is 191 Å². The first kappa shape index (κ1) is 23.3. The van der Waals surface area contributed by atoms with Gasteiger partial charge in [-0.15, -0.1) is 10.2 Å². The normalized spacial score (nSPS) is 10.5. The predicted molar refractivity (Wildman–Crippen MR) is 123 cm³/mol. The molecule has 0 saturated carbocycles. The lowest BCUT2D eigenvalue weighted by Gasteiger charge is -2.14. The molecular formula is C22H26N4O5S. The Morgan fingerprint density at radius 3 is 2.16 bits per heavy atom. The molecule has 0 bridgehead atoms. The van der Waals surface area contributed by atoms with Crippen molar-refractivity contribution in [2.45, 2.75) is 18.6 Å². The van der Waals surface area contributed by atoms with Gasteiger partial charge in [-0.1, -0.05) is 11.8 Å². The smallest absolute Gasteiger partial charge is 0.234 e. The van der Waals surface area contributed by atoms with Crippen molar-refractivity contribution in [2.24, 2.45) is 0 Å². The van der Waals surface area contributed by atoms with Gasteiger partial charge >= 0.3 is 0 Å². The van der Waals surface area contributed by atoms with Crippen LogP contribution in [-0.4, -0.2) is 54.9 Å². The van der Waals surface area contributed by atoms with E-state index in [-0.39, 0.29) is 11.7 Å². The number of benzene rings is 2. The monoisotopic (exact) mass is 458 g/mol. The first-order valence-corrected chi connectivity index (χ1v) is 10.8. The van der Waals surface area contributed by atoms with Crippen molar-refractivity contribution in [3.8, 4) is 34.4 Å². The van der Waals surface area contributed by atoms with Gasteiger partial charge in [0.2, 0.25) is 11.7 Å². The minimum absolute atomic E-state index is 0.139. The van der Waals surface area contributed by atoms with E-state index in [4.69, 9.17) is 18.9 Å². The summed E-state index contributed by atoms with van der Waals surface area (Å²) in [5, 5.41) is 12.1. The van der Waals surface area contributed by atoms with Gasteiger partial charge in [0.05, 0.1) is 34.2 Å². The summed E-state index contributed by atoms with van der Waals surface area (Å²) in [6, 6.07) is 10.8. The fraction of sp³-hybridized carbons (Fsp3) is 0.318. The number of carbonyl (C=O) groups excluding carboxylic acids is 1. The summed E-state index contributed by atoms with van der Waals surface area (Å²) in [6.07, 6.45) is 0. The van der Waals surface area contributed by atoms with Crippen LogP contribution in [0, 0.1) is 0 Å². The SMILES string of the molecule is CCn1c(SCC(=O)Nc2ccc(OC)cc2)nnc1-c1cc(OC)c(OC)c(OC)c1. The van der Waals surface area contributed by atoms with Crippen molar-refractivity contribution in [3.05, 3.63) is 36.4 Å². The number of ether oxygens (including phenoxy) is 4.